The Labute approximate surface area is 153 Å². The van der Waals surface area contributed by atoms with Gasteiger partial charge in [-0.3, -0.25) is 9.78 Å². The highest BCUT2D eigenvalue weighted by Gasteiger charge is 2.32. The third-order valence-corrected chi connectivity index (χ3v) is 6.15. The monoisotopic (exact) mass is 345 g/mol. The van der Waals surface area contributed by atoms with Gasteiger partial charge in [0.2, 0.25) is 0 Å². The average molecular weight is 345 g/mol. The maximum Gasteiger partial charge on any atom is 0.256 e. The Morgan fingerprint density at radius 1 is 1.00 bits per heavy atom. The van der Waals surface area contributed by atoms with Crippen molar-refractivity contribution < 1.29 is 4.79 Å². The number of aromatic nitrogens is 1. The number of amides is 1. The van der Waals surface area contributed by atoms with Crippen LogP contribution in [-0.2, 0) is 0 Å². The predicted octanol–water partition coefficient (Wildman–Crippen LogP) is 3.46. The topological polar surface area (TPSA) is 45.2 Å². The number of pyridine rings is 1. The van der Waals surface area contributed by atoms with Crippen LogP contribution in [0.2, 0.25) is 0 Å². The summed E-state index contributed by atoms with van der Waals surface area (Å²) in [5, 5.41) is 6.82. The lowest BCUT2D eigenvalue weighted by atomic mass is 9.92. The van der Waals surface area contributed by atoms with E-state index >= 15 is 0 Å². The van der Waals surface area contributed by atoms with Crippen LogP contribution in [0.25, 0.3) is 21.7 Å². The molecule has 2 atom stereocenters. The van der Waals surface area contributed by atoms with Gasteiger partial charge in [-0.05, 0) is 60.7 Å². The first kappa shape index (κ1) is 15.8. The maximum atomic E-state index is 13.4. The zero-order valence-corrected chi connectivity index (χ0v) is 14.8. The lowest BCUT2D eigenvalue weighted by molar-refractivity contribution is 0.0760. The molecule has 0 bridgehead atoms. The molecule has 0 spiro atoms. The summed E-state index contributed by atoms with van der Waals surface area (Å²) in [7, 11) is 0. The number of fused-ring (bicyclic) bond motifs is 4. The molecular weight excluding hydrogens is 322 g/mol. The number of hydrogen-bond acceptors (Lipinski definition) is 3. The number of carbonyl (C=O) groups excluding carboxylic acids is 1. The highest BCUT2D eigenvalue weighted by atomic mass is 16.2. The highest BCUT2D eigenvalue weighted by Crippen LogP contribution is 2.31. The van der Waals surface area contributed by atoms with Crippen molar-refractivity contribution in [3.8, 4) is 0 Å². The molecule has 4 heteroatoms. The van der Waals surface area contributed by atoms with Gasteiger partial charge in [-0.25, -0.2) is 0 Å². The zero-order valence-electron chi connectivity index (χ0n) is 14.8. The molecule has 3 aromatic rings. The van der Waals surface area contributed by atoms with E-state index in [9.17, 15) is 4.79 Å². The third kappa shape index (κ3) is 2.56. The van der Waals surface area contributed by atoms with Gasteiger partial charge >= 0.3 is 0 Å². The zero-order chi connectivity index (χ0) is 17.5. The first-order valence-electron chi connectivity index (χ1n) is 9.58. The van der Waals surface area contributed by atoms with Crippen molar-refractivity contribution in [2.75, 3.05) is 26.2 Å². The van der Waals surface area contributed by atoms with Crippen LogP contribution in [0.4, 0.5) is 0 Å². The van der Waals surface area contributed by atoms with Gasteiger partial charge in [0.05, 0.1) is 11.1 Å². The number of likely N-dealkylation sites (tertiary alicyclic amines) is 1. The Bertz CT molecular complexity index is 969. The van der Waals surface area contributed by atoms with Crippen LogP contribution in [0.3, 0.4) is 0 Å². The molecule has 0 saturated carbocycles. The first-order chi connectivity index (χ1) is 12.8. The number of benzene rings is 2. The number of carbonyl (C=O) groups is 1. The molecule has 2 aromatic carbocycles. The molecule has 3 heterocycles. The summed E-state index contributed by atoms with van der Waals surface area (Å²) < 4.78 is 0. The standard InChI is InChI=1S/C22H23N3O/c26-22(25-10-7-16-13-23-14-17(16)8-11-25)20-12-15-4-1-2-5-18(15)19-6-3-9-24-21(19)20/h1-6,9,12,16-17,23H,7-8,10-11,13-14H2/t16-,17+. The molecule has 2 aliphatic heterocycles. The molecular formula is C22H23N3O. The molecule has 26 heavy (non-hydrogen) atoms. The van der Waals surface area contributed by atoms with Gasteiger partial charge in [0.1, 0.15) is 0 Å². The fourth-order valence-electron chi connectivity index (χ4n) is 4.68. The van der Waals surface area contributed by atoms with E-state index in [-0.39, 0.29) is 5.91 Å². The molecule has 1 amide bonds. The average Bonchev–Trinajstić information content (AvgIpc) is 3.05. The number of nitrogens with zero attached hydrogens (tertiary/aromatic N) is 2. The maximum absolute atomic E-state index is 13.4. The molecule has 5 rings (SSSR count). The summed E-state index contributed by atoms with van der Waals surface area (Å²) in [5.41, 5.74) is 1.56. The molecule has 4 nitrogen and oxygen atoms in total. The van der Waals surface area contributed by atoms with E-state index in [1.54, 1.807) is 6.20 Å². The SMILES string of the molecule is O=C(c1cc2ccccc2c2cccnc12)N1CC[C@@H]2CNC[C@@H]2CC1. The van der Waals surface area contributed by atoms with Gasteiger partial charge in [0, 0.05) is 24.7 Å². The molecule has 2 aliphatic rings. The van der Waals surface area contributed by atoms with Gasteiger partial charge in [-0.15, -0.1) is 0 Å². The number of rotatable bonds is 1. The molecule has 0 unspecified atom stereocenters. The van der Waals surface area contributed by atoms with Crippen LogP contribution >= 0.6 is 0 Å². The quantitative estimate of drug-likeness (QED) is 0.687. The second-order valence-corrected chi connectivity index (χ2v) is 7.59. The van der Waals surface area contributed by atoms with Crippen molar-refractivity contribution >= 4 is 27.6 Å². The summed E-state index contributed by atoms with van der Waals surface area (Å²) in [6, 6.07) is 14.3. The van der Waals surface area contributed by atoms with Gasteiger partial charge in [-0.2, -0.15) is 0 Å². The Hall–Kier alpha value is -2.46. The fraction of sp³-hybridized carbons (Fsp3) is 0.364. The van der Waals surface area contributed by atoms with Crippen molar-refractivity contribution in [1.82, 2.24) is 15.2 Å². The Balaban J connectivity index is 1.56. The van der Waals surface area contributed by atoms with E-state index < -0.39 is 0 Å². The summed E-state index contributed by atoms with van der Waals surface area (Å²) in [4.78, 5) is 20.0. The van der Waals surface area contributed by atoms with Crippen molar-refractivity contribution in [2.45, 2.75) is 12.8 Å². The van der Waals surface area contributed by atoms with Crippen molar-refractivity contribution in [3.63, 3.8) is 0 Å². The van der Waals surface area contributed by atoms with Crippen LogP contribution in [0, 0.1) is 11.8 Å². The Morgan fingerprint density at radius 2 is 1.73 bits per heavy atom. The Morgan fingerprint density at radius 3 is 2.54 bits per heavy atom. The van der Waals surface area contributed by atoms with E-state index in [4.69, 9.17) is 0 Å². The molecule has 0 radical (unpaired) electrons. The normalized spacial score (nSPS) is 23.2. The third-order valence-electron chi connectivity index (χ3n) is 6.15. The van der Waals surface area contributed by atoms with Crippen molar-refractivity contribution in [3.05, 3.63) is 54.2 Å². The van der Waals surface area contributed by atoms with Crippen molar-refractivity contribution in [1.29, 1.82) is 0 Å². The lowest BCUT2D eigenvalue weighted by Gasteiger charge is -2.22. The van der Waals surface area contributed by atoms with Gasteiger partial charge in [0.15, 0.2) is 0 Å². The van der Waals surface area contributed by atoms with Crippen molar-refractivity contribution in [2.24, 2.45) is 11.8 Å². The minimum Gasteiger partial charge on any atom is -0.339 e. The Kier molecular flexibility index (Phi) is 3.86. The largest absolute Gasteiger partial charge is 0.339 e. The second-order valence-electron chi connectivity index (χ2n) is 7.59. The fourth-order valence-corrected chi connectivity index (χ4v) is 4.68. The molecule has 1 N–H and O–H groups in total. The molecule has 2 fully saturated rings. The summed E-state index contributed by atoms with van der Waals surface area (Å²) in [6.45, 7) is 3.91. The van der Waals surface area contributed by atoms with Gasteiger partial charge in [-0.1, -0.05) is 30.3 Å². The van der Waals surface area contributed by atoms with E-state index in [0.29, 0.717) is 0 Å². The summed E-state index contributed by atoms with van der Waals surface area (Å²) >= 11 is 0. The van der Waals surface area contributed by atoms with Crippen LogP contribution < -0.4 is 5.32 Å². The van der Waals surface area contributed by atoms with E-state index in [0.717, 1.165) is 78.1 Å². The summed E-state index contributed by atoms with van der Waals surface area (Å²) in [6.07, 6.45) is 3.98. The van der Waals surface area contributed by atoms with Gasteiger partial charge < -0.3 is 10.2 Å². The smallest absolute Gasteiger partial charge is 0.256 e. The van der Waals surface area contributed by atoms with Crippen LogP contribution in [0.1, 0.15) is 23.2 Å². The minimum atomic E-state index is 0.132. The number of nitrogens with one attached hydrogen (secondary N) is 1. The van der Waals surface area contributed by atoms with E-state index in [1.165, 1.54) is 0 Å². The molecule has 132 valence electrons. The van der Waals surface area contributed by atoms with E-state index in [1.807, 2.05) is 24.3 Å². The second kappa shape index (κ2) is 6.36. The van der Waals surface area contributed by atoms with Crippen LogP contribution in [-0.4, -0.2) is 42.0 Å². The lowest BCUT2D eigenvalue weighted by Crippen LogP contribution is -2.33. The van der Waals surface area contributed by atoms with Crippen LogP contribution in [0.15, 0.2) is 48.7 Å². The number of hydrogen-bond donors (Lipinski definition) is 1. The van der Waals surface area contributed by atoms with E-state index in [2.05, 4.69) is 33.4 Å². The van der Waals surface area contributed by atoms with Gasteiger partial charge in [0.25, 0.3) is 5.91 Å². The predicted molar refractivity (Wildman–Crippen MR) is 104 cm³/mol. The molecule has 2 saturated heterocycles. The minimum absolute atomic E-state index is 0.132. The first-order valence-corrected chi connectivity index (χ1v) is 9.58. The highest BCUT2D eigenvalue weighted by molar-refractivity contribution is 6.15. The van der Waals surface area contributed by atoms with Crippen LogP contribution in [0.5, 0.6) is 0 Å². The molecule has 1 aromatic heterocycles. The molecule has 0 aliphatic carbocycles. The summed E-state index contributed by atoms with van der Waals surface area (Å²) in [5.74, 6) is 1.57.